The van der Waals surface area contributed by atoms with E-state index < -0.39 is 11.9 Å². The van der Waals surface area contributed by atoms with E-state index in [1.54, 1.807) is 12.1 Å². The molecule has 3 nitrogen and oxygen atoms in total. The van der Waals surface area contributed by atoms with Crippen molar-refractivity contribution in [3.05, 3.63) is 52.8 Å². The second-order valence-corrected chi connectivity index (χ2v) is 5.98. The third-order valence-electron chi connectivity index (χ3n) is 4.33. The van der Waals surface area contributed by atoms with Crippen molar-refractivity contribution in [2.45, 2.75) is 32.5 Å². The van der Waals surface area contributed by atoms with E-state index in [9.17, 15) is 13.2 Å². The van der Waals surface area contributed by atoms with Crippen LogP contribution in [0.2, 0.25) is 0 Å². The summed E-state index contributed by atoms with van der Waals surface area (Å²) in [4.78, 5) is 1.32. The van der Waals surface area contributed by atoms with Gasteiger partial charge in [-0.3, -0.25) is 5.01 Å². The van der Waals surface area contributed by atoms with E-state index in [0.717, 1.165) is 6.42 Å². The molecule has 0 bridgehead atoms. The topological polar surface area (TPSA) is 21.1 Å². The van der Waals surface area contributed by atoms with Crippen LogP contribution in [0.5, 0.6) is 0 Å². The fraction of sp³-hybridized carbons (Fsp3) is 0.438. The highest BCUT2D eigenvalue weighted by atomic mass is 19.4. The number of alkyl halides is 3. The Morgan fingerprint density at radius 2 is 1.95 bits per heavy atom. The minimum Gasteiger partial charge on any atom is -0.292 e. The minimum absolute atomic E-state index is 0.0246. The SMILES string of the molecule is Cc1cn(N(C)C2c3ccccc3CC2C)nc1C(F)(F)F. The Balaban J connectivity index is 1.97. The first-order valence-corrected chi connectivity index (χ1v) is 7.23. The first-order chi connectivity index (χ1) is 10.3. The summed E-state index contributed by atoms with van der Waals surface area (Å²) < 4.78 is 38.8. The number of hydrogen-bond donors (Lipinski definition) is 0. The van der Waals surface area contributed by atoms with Crippen molar-refractivity contribution >= 4 is 0 Å². The van der Waals surface area contributed by atoms with Crippen molar-refractivity contribution in [2.75, 3.05) is 12.1 Å². The van der Waals surface area contributed by atoms with Crippen LogP contribution >= 0.6 is 0 Å². The smallest absolute Gasteiger partial charge is 0.292 e. The molecule has 118 valence electrons. The Morgan fingerprint density at radius 1 is 1.27 bits per heavy atom. The molecule has 1 aliphatic carbocycles. The number of hydrogen-bond acceptors (Lipinski definition) is 2. The summed E-state index contributed by atoms with van der Waals surface area (Å²) in [7, 11) is 1.79. The summed E-state index contributed by atoms with van der Waals surface area (Å²) in [6, 6.07) is 8.11. The van der Waals surface area contributed by atoms with Gasteiger partial charge < -0.3 is 0 Å². The van der Waals surface area contributed by atoms with Crippen LogP contribution in [0.1, 0.15) is 35.3 Å². The molecule has 6 heteroatoms. The van der Waals surface area contributed by atoms with E-state index in [0.29, 0.717) is 5.92 Å². The molecule has 2 aromatic rings. The lowest BCUT2D eigenvalue weighted by atomic mass is 10.0. The molecule has 3 rings (SSSR count). The molecule has 2 atom stereocenters. The van der Waals surface area contributed by atoms with E-state index >= 15 is 0 Å². The summed E-state index contributed by atoms with van der Waals surface area (Å²) in [6.45, 7) is 3.55. The Kier molecular flexibility index (Phi) is 3.42. The highest BCUT2D eigenvalue weighted by molar-refractivity contribution is 5.38. The molecule has 0 N–H and O–H groups in total. The molecular formula is C16H18F3N3. The molecule has 0 saturated carbocycles. The van der Waals surface area contributed by atoms with Crippen LogP contribution in [0.15, 0.2) is 30.5 Å². The molecule has 0 aliphatic heterocycles. The second kappa shape index (κ2) is 5.04. The van der Waals surface area contributed by atoms with Crippen LogP contribution in [0, 0.1) is 12.8 Å². The van der Waals surface area contributed by atoms with Gasteiger partial charge in [0.2, 0.25) is 0 Å². The highest BCUT2D eigenvalue weighted by Gasteiger charge is 2.38. The number of halogens is 3. The Bertz CT molecular complexity index is 690. The largest absolute Gasteiger partial charge is 0.435 e. The molecule has 1 aliphatic rings. The number of aryl methyl sites for hydroxylation is 1. The fourth-order valence-corrected chi connectivity index (χ4v) is 3.36. The zero-order chi connectivity index (χ0) is 16.1. The number of fused-ring (bicyclic) bond motifs is 1. The van der Waals surface area contributed by atoms with Gasteiger partial charge in [-0.2, -0.15) is 18.0 Å². The number of nitrogens with zero attached hydrogens (tertiary/aromatic N) is 3. The van der Waals surface area contributed by atoms with Crippen molar-refractivity contribution in [2.24, 2.45) is 5.92 Å². The predicted molar refractivity (Wildman–Crippen MR) is 78.2 cm³/mol. The van der Waals surface area contributed by atoms with E-state index in [1.807, 2.05) is 18.2 Å². The fourth-order valence-electron chi connectivity index (χ4n) is 3.36. The van der Waals surface area contributed by atoms with Gasteiger partial charge in [-0.15, -0.1) is 5.10 Å². The Morgan fingerprint density at radius 3 is 2.59 bits per heavy atom. The molecule has 1 aromatic heterocycles. The standard InChI is InChI=1S/C16H18F3N3/c1-10-8-12-6-4-5-7-13(12)14(10)21(3)22-9-11(2)15(20-22)16(17,18)19/h4-7,9-10,14H,8H2,1-3H3. The zero-order valence-electron chi connectivity index (χ0n) is 12.7. The monoisotopic (exact) mass is 309 g/mol. The molecule has 0 fully saturated rings. The van der Waals surface area contributed by atoms with Crippen LogP contribution in [-0.2, 0) is 12.6 Å². The molecule has 22 heavy (non-hydrogen) atoms. The highest BCUT2D eigenvalue weighted by Crippen LogP contribution is 2.39. The van der Waals surface area contributed by atoms with Crippen molar-refractivity contribution in [1.29, 1.82) is 0 Å². The van der Waals surface area contributed by atoms with E-state index in [1.165, 1.54) is 29.0 Å². The average Bonchev–Trinajstić information content (AvgIpc) is 2.97. The van der Waals surface area contributed by atoms with Crippen molar-refractivity contribution in [1.82, 2.24) is 9.89 Å². The van der Waals surface area contributed by atoms with Crippen molar-refractivity contribution in [3.63, 3.8) is 0 Å². The maximum absolute atomic E-state index is 12.9. The predicted octanol–water partition coefficient (Wildman–Crippen LogP) is 3.71. The molecular weight excluding hydrogens is 291 g/mol. The van der Waals surface area contributed by atoms with Gasteiger partial charge in [-0.25, -0.2) is 0 Å². The molecule has 2 unspecified atom stereocenters. The molecule has 0 spiro atoms. The normalized spacial score (nSPS) is 21.0. The first kappa shape index (κ1) is 14.9. The van der Waals surface area contributed by atoms with Gasteiger partial charge in [0.05, 0.1) is 12.2 Å². The molecule has 0 saturated heterocycles. The third-order valence-corrected chi connectivity index (χ3v) is 4.33. The minimum atomic E-state index is -4.42. The summed E-state index contributed by atoms with van der Waals surface area (Å²) >= 11 is 0. The summed E-state index contributed by atoms with van der Waals surface area (Å²) in [6.07, 6.45) is -2.05. The van der Waals surface area contributed by atoms with Crippen molar-refractivity contribution in [3.8, 4) is 0 Å². The van der Waals surface area contributed by atoms with Gasteiger partial charge in [-0.05, 0) is 30.4 Å². The van der Waals surface area contributed by atoms with Gasteiger partial charge >= 0.3 is 6.18 Å². The lowest BCUT2D eigenvalue weighted by Gasteiger charge is -2.30. The van der Waals surface area contributed by atoms with Crippen molar-refractivity contribution < 1.29 is 13.2 Å². The van der Waals surface area contributed by atoms with Gasteiger partial charge in [-0.1, -0.05) is 31.2 Å². The molecule has 0 amide bonds. The average molecular weight is 309 g/mol. The van der Waals surface area contributed by atoms with Crippen LogP contribution in [0.3, 0.4) is 0 Å². The number of aromatic nitrogens is 2. The molecule has 1 heterocycles. The first-order valence-electron chi connectivity index (χ1n) is 7.23. The third kappa shape index (κ3) is 2.36. The molecule has 1 aromatic carbocycles. The van der Waals surface area contributed by atoms with Crippen LogP contribution in [0.25, 0.3) is 0 Å². The second-order valence-electron chi connectivity index (χ2n) is 5.98. The Labute approximate surface area is 127 Å². The van der Waals surface area contributed by atoms with Gasteiger partial charge in [0, 0.05) is 12.6 Å². The van der Waals surface area contributed by atoms with E-state index in [-0.39, 0.29) is 11.6 Å². The quantitative estimate of drug-likeness (QED) is 0.843. The summed E-state index contributed by atoms with van der Waals surface area (Å²) in [5.74, 6) is 0.321. The van der Waals surface area contributed by atoms with E-state index in [4.69, 9.17) is 0 Å². The number of benzene rings is 1. The van der Waals surface area contributed by atoms with Crippen LogP contribution in [0.4, 0.5) is 13.2 Å². The van der Waals surface area contributed by atoms with Crippen LogP contribution < -0.4 is 5.01 Å². The molecule has 0 radical (unpaired) electrons. The maximum atomic E-state index is 12.9. The van der Waals surface area contributed by atoms with Gasteiger partial charge in [0.15, 0.2) is 5.69 Å². The summed E-state index contributed by atoms with van der Waals surface area (Å²) in [5, 5.41) is 5.54. The lowest BCUT2D eigenvalue weighted by Crippen LogP contribution is -2.37. The van der Waals surface area contributed by atoms with E-state index in [2.05, 4.69) is 18.1 Å². The summed E-state index contributed by atoms with van der Waals surface area (Å²) in [5.41, 5.74) is 1.74. The Hall–Kier alpha value is -1.98. The zero-order valence-corrected chi connectivity index (χ0v) is 12.7. The number of rotatable bonds is 2. The lowest BCUT2D eigenvalue weighted by molar-refractivity contribution is -0.141. The van der Waals surface area contributed by atoms with Gasteiger partial charge in [0.25, 0.3) is 0 Å². The van der Waals surface area contributed by atoms with Crippen LogP contribution in [-0.4, -0.2) is 16.9 Å². The maximum Gasteiger partial charge on any atom is 0.435 e. The van der Waals surface area contributed by atoms with Gasteiger partial charge in [0.1, 0.15) is 0 Å².